The largest absolute Gasteiger partial charge is 0.381 e. The van der Waals surface area contributed by atoms with Crippen LogP contribution in [0.3, 0.4) is 0 Å². The highest BCUT2D eigenvalue weighted by atomic mass is 127. The molecule has 158 valence electrons. The third-order valence-electron chi connectivity index (χ3n) is 5.85. The fourth-order valence-electron chi connectivity index (χ4n) is 4.21. The second-order valence-corrected chi connectivity index (χ2v) is 7.57. The highest BCUT2D eigenvalue weighted by Crippen LogP contribution is 2.35. The summed E-state index contributed by atoms with van der Waals surface area (Å²) in [6, 6.07) is 10.9. The molecule has 2 aliphatic rings. The van der Waals surface area contributed by atoms with E-state index in [4.69, 9.17) is 14.5 Å². The molecular formula is C22H36IN3O2. The fourth-order valence-corrected chi connectivity index (χ4v) is 4.21. The zero-order valence-electron chi connectivity index (χ0n) is 17.4. The second-order valence-electron chi connectivity index (χ2n) is 7.57. The van der Waals surface area contributed by atoms with Gasteiger partial charge < -0.3 is 19.7 Å². The molecule has 0 aliphatic carbocycles. The van der Waals surface area contributed by atoms with Crippen LogP contribution in [-0.2, 0) is 14.9 Å². The minimum atomic E-state index is 0. The van der Waals surface area contributed by atoms with Gasteiger partial charge in [0.2, 0.25) is 0 Å². The Kier molecular flexibility index (Phi) is 10.0. The van der Waals surface area contributed by atoms with Crippen molar-refractivity contribution in [2.45, 2.75) is 51.0 Å². The molecule has 0 bridgehead atoms. The number of hydrogen-bond acceptors (Lipinski definition) is 3. The first kappa shape index (κ1) is 23.4. The van der Waals surface area contributed by atoms with Crippen molar-refractivity contribution in [2.75, 3.05) is 46.0 Å². The van der Waals surface area contributed by atoms with Crippen molar-refractivity contribution in [3.63, 3.8) is 0 Å². The van der Waals surface area contributed by atoms with E-state index in [1.165, 1.54) is 5.56 Å². The van der Waals surface area contributed by atoms with Crippen LogP contribution in [0.2, 0.25) is 0 Å². The van der Waals surface area contributed by atoms with Gasteiger partial charge in [-0.05, 0) is 45.1 Å². The number of likely N-dealkylation sites (tertiary alicyclic amines) is 1. The highest BCUT2D eigenvalue weighted by Gasteiger charge is 2.34. The summed E-state index contributed by atoms with van der Waals surface area (Å²) in [4.78, 5) is 7.52. The van der Waals surface area contributed by atoms with Crippen molar-refractivity contribution >= 4 is 29.9 Å². The van der Waals surface area contributed by atoms with Crippen LogP contribution < -0.4 is 5.32 Å². The molecule has 0 amide bonds. The molecule has 0 aromatic heterocycles. The van der Waals surface area contributed by atoms with Crippen molar-refractivity contribution in [1.29, 1.82) is 0 Å². The quantitative estimate of drug-likeness (QED) is 0.366. The Morgan fingerprint density at radius 1 is 1.18 bits per heavy atom. The predicted octanol–water partition coefficient (Wildman–Crippen LogP) is 3.82. The molecule has 2 fully saturated rings. The number of halogens is 1. The molecule has 0 unspecified atom stereocenters. The van der Waals surface area contributed by atoms with Gasteiger partial charge in [-0.2, -0.15) is 0 Å². The smallest absolute Gasteiger partial charge is 0.193 e. The topological polar surface area (TPSA) is 46.1 Å². The molecule has 3 rings (SSSR count). The van der Waals surface area contributed by atoms with Crippen molar-refractivity contribution in [2.24, 2.45) is 4.99 Å². The molecule has 0 spiro atoms. The molecule has 0 radical (unpaired) electrons. The standard InChI is InChI=1S/C22H35N3O2.HI/c1-3-23-21(25-14-10-20(11-15-25)27-4-2)24-18-22(12-16-26-17-13-22)19-8-6-5-7-9-19;/h5-9,20H,3-4,10-18H2,1-2H3,(H,23,24);1H. The Hall–Kier alpha value is -0.860. The molecule has 2 saturated heterocycles. The summed E-state index contributed by atoms with van der Waals surface area (Å²) < 4.78 is 11.5. The predicted molar refractivity (Wildman–Crippen MR) is 126 cm³/mol. The number of aliphatic imine (C=N–C) groups is 1. The van der Waals surface area contributed by atoms with Gasteiger partial charge in [0.15, 0.2) is 5.96 Å². The van der Waals surface area contributed by atoms with Gasteiger partial charge in [-0.3, -0.25) is 4.99 Å². The van der Waals surface area contributed by atoms with Crippen LogP contribution in [-0.4, -0.2) is 63.0 Å². The van der Waals surface area contributed by atoms with Gasteiger partial charge in [0.05, 0.1) is 12.6 Å². The number of hydrogen-bond donors (Lipinski definition) is 1. The van der Waals surface area contributed by atoms with E-state index >= 15 is 0 Å². The van der Waals surface area contributed by atoms with Gasteiger partial charge in [-0.1, -0.05) is 30.3 Å². The first-order valence-electron chi connectivity index (χ1n) is 10.6. The summed E-state index contributed by atoms with van der Waals surface area (Å²) in [5, 5.41) is 3.51. The summed E-state index contributed by atoms with van der Waals surface area (Å²) in [5.41, 5.74) is 1.48. The monoisotopic (exact) mass is 501 g/mol. The van der Waals surface area contributed by atoms with E-state index in [-0.39, 0.29) is 29.4 Å². The average molecular weight is 501 g/mol. The van der Waals surface area contributed by atoms with Gasteiger partial charge in [0.25, 0.3) is 0 Å². The Bertz CT molecular complexity index is 583. The zero-order valence-corrected chi connectivity index (χ0v) is 19.7. The molecule has 28 heavy (non-hydrogen) atoms. The van der Waals surface area contributed by atoms with Gasteiger partial charge >= 0.3 is 0 Å². The van der Waals surface area contributed by atoms with Crippen LogP contribution >= 0.6 is 24.0 Å². The average Bonchev–Trinajstić information content (AvgIpc) is 2.73. The Morgan fingerprint density at radius 2 is 1.86 bits per heavy atom. The van der Waals surface area contributed by atoms with Crippen molar-refractivity contribution in [3.8, 4) is 0 Å². The van der Waals surface area contributed by atoms with E-state index < -0.39 is 0 Å². The van der Waals surface area contributed by atoms with Gasteiger partial charge in [-0.25, -0.2) is 0 Å². The van der Waals surface area contributed by atoms with Crippen molar-refractivity contribution in [3.05, 3.63) is 35.9 Å². The molecule has 1 aromatic carbocycles. The lowest BCUT2D eigenvalue weighted by atomic mass is 9.74. The summed E-state index contributed by atoms with van der Waals surface area (Å²) in [6.45, 7) is 10.4. The minimum absolute atomic E-state index is 0. The number of nitrogens with zero attached hydrogens (tertiary/aromatic N) is 2. The highest BCUT2D eigenvalue weighted by molar-refractivity contribution is 14.0. The first-order valence-corrected chi connectivity index (χ1v) is 10.6. The maximum absolute atomic E-state index is 5.80. The molecule has 2 aliphatic heterocycles. The maximum Gasteiger partial charge on any atom is 0.193 e. The summed E-state index contributed by atoms with van der Waals surface area (Å²) >= 11 is 0. The Labute approximate surface area is 187 Å². The molecule has 0 saturated carbocycles. The Balaban J connectivity index is 0.00000280. The van der Waals surface area contributed by atoms with Crippen LogP contribution in [0.25, 0.3) is 0 Å². The molecule has 1 N–H and O–H groups in total. The summed E-state index contributed by atoms with van der Waals surface area (Å²) in [6.07, 6.45) is 4.63. The number of ether oxygens (including phenoxy) is 2. The van der Waals surface area contributed by atoms with E-state index in [1.807, 2.05) is 0 Å². The van der Waals surface area contributed by atoms with Crippen LogP contribution in [0.5, 0.6) is 0 Å². The first-order chi connectivity index (χ1) is 13.3. The van der Waals surface area contributed by atoms with Crippen LogP contribution in [0, 0.1) is 0 Å². The van der Waals surface area contributed by atoms with Gasteiger partial charge in [0.1, 0.15) is 0 Å². The number of benzene rings is 1. The number of piperidine rings is 1. The fraction of sp³-hybridized carbons (Fsp3) is 0.682. The van der Waals surface area contributed by atoms with Crippen molar-refractivity contribution < 1.29 is 9.47 Å². The third-order valence-corrected chi connectivity index (χ3v) is 5.85. The molecule has 2 heterocycles. The lowest BCUT2D eigenvalue weighted by Crippen LogP contribution is -2.48. The Morgan fingerprint density at radius 3 is 2.46 bits per heavy atom. The van der Waals surface area contributed by atoms with E-state index in [0.29, 0.717) is 6.10 Å². The number of guanidine groups is 1. The molecule has 5 nitrogen and oxygen atoms in total. The lowest BCUT2D eigenvalue weighted by molar-refractivity contribution is 0.0262. The van der Waals surface area contributed by atoms with E-state index in [9.17, 15) is 0 Å². The minimum Gasteiger partial charge on any atom is -0.381 e. The van der Waals surface area contributed by atoms with E-state index in [1.54, 1.807) is 0 Å². The maximum atomic E-state index is 5.80. The zero-order chi connectivity index (χ0) is 19.0. The second kappa shape index (κ2) is 12.0. The van der Waals surface area contributed by atoms with Crippen molar-refractivity contribution in [1.82, 2.24) is 10.2 Å². The normalized spacial score (nSPS) is 20.5. The van der Waals surface area contributed by atoms with Crippen LogP contribution in [0.4, 0.5) is 0 Å². The number of nitrogens with one attached hydrogen (secondary N) is 1. The third kappa shape index (κ3) is 6.07. The van der Waals surface area contributed by atoms with E-state index in [0.717, 1.165) is 77.6 Å². The summed E-state index contributed by atoms with van der Waals surface area (Å²) in [7, 11) is 0. The number of rotatable bonds is 6. The SMILES string of the molecule is CCNC(=NCC1(c2ccccc2)CCOCC1)N1CCC(OCC)CC1.I. The van der Waals surface area contributed by atoms with Crippen LogP contribution in [0.15, 0.2) is 35.3 Å². The van der Waals surface area contributed by atoms with Crippen LogP contribution in [0.1, 0.15) is 45.1 Å². The van der Waals surface area contributed by atoms with Gasteiger partial charge in [0, 0.05) is 44.9 Å². The molecule has 1 aromatic rings. The van der Waals surface area contributed by atoms with E-state index in [2.05, 4.69) is 54.4 Å². The van der Waals surface area contributed by atoms with Gasteiger partial charge in [-0.15, -0.1) is 24.0 Å². The summed E-state index contributed by atoms with van der Waals surface area (Å²) in [5.74, 6) is 1.05. The molecule has 6 heteroatoms. The molecular weight excluding hydrogens is 465 g/mol. The molecule has 0 atom stereocenters. The lowest BCUT2D eigenvalue weighted by Gasteiger charge is -2.38.